The van der Waals surface area contributed by atoms with Crippen molar-refractivity contribution in [3.05, 3.63) is 131 Å². The molecule has 132 valence electrons. The number of hydrogen-bond acceptors (Lipinski definition) is 0. The number of rotatable bonds is 6. The van der Waals surface area contributed by atoms with Gasteiger partial charge in [-0.1, -0.05) is 0 Å². The SMILES string of the molecule is c1ccc(Cc2ccccc2[Se]c2ccccc2Cc2ccccc2)cc1. The molecule has 0 saturated heterocycles. The minimum atomic E-state index is 0.302. The van der Waals surface area contributed by atoms with Crippen LogP contribution in [0.2, 0.25) is 0 Å². The van der Waals surface area contributed by atoms with Crippen LogP contribution in [0.15, 0.2) is 109 Å². The van der Waals surface area contributed by atoms with E-state index in [-0.39, 0.29) is 0 Å². The molecule has 0 aliphatic carbocycles. The minimum absolute atomic E-state index is 0.302. The van der Waals surface area contributed by atoms with Gasteiger partial charge in [0, 0.05) is 0 Å². The van der Waals surface area contributed by atoms with Gasteiger partial charge in [0.2, 0.25) is 0 Å². The molecule has 0 aromatic heterocycles. The third-order valence-electron chi connectivity index (χ3n) is 4.64. The average molecular weight is 413 g/mol. The van der Waals surface area contributed by atoms with Gasteiger partial charge in [0.1, 0.15) is 0 Å². The summed E-state index contributed by atoms with van der Waals surface area (Å²) >= 11 is 0.302. The van der Waals surface area contributed by atoms with Crippen molar-refractivity contribution in [2.24, 2.45) is 0 Å². The van der Waals surface area contributed by atoms with Gasteiger partial charge in [0.25, 0.3) is 0 Å². The summed E-state index contributed by atoms with van der Waals surface area (Å²) in [6.45, 7) is 0. The van der Waals surface area contributed by atoms with Gasteiger partial charge in [-0.15, -0.1) is 0 Å². The van der Waals surface area contributed by atoms with Crippen LogP contribution in [0.25, 0.3) is 0 Å². The first kappa shape index (κ1) is 17.8. The summed E-state index contributed by atoms with van der Waals surface area (Å²) in [6, 6.07) is 39.4. The van der Waals surface area contributed by atoms with E-state index in [2.05, 4.69) is 109 Å². The van der Waals surface area contributed by atoms with Gasteiger partial charge in [-0.2, -0.15) is 0 Å². The molecule has 4 aromatic rings. The Morgan fingerprint density at radius 3 is 1.22 bits per heavy atom. The van der Waals surface area contributed by atoms with Gasteiger partial charge in [0.15, 0.2) is 0 Å². The molecule has 0 aliphatic heterocycles. The quantitative estimate of drug-likeness (QED) is 0.408. The van der Waals surface area contributed by atoms with Gasteiger partial charge in [-0.25, -0.2) is 0 Å². The molecule has 0 fully saturated rings. The van der Waals surface area contributed by atoms with Crippen molar-refractivity contribution >= 4 is 23.9 Å². The number of hydrogen-bond donors (Lipinski definition) is 0. The zero-order valence-corrected chi connectivity index (χ0v) is 16.9. The molecule has 0 heterocycles. The Bertz CT molecular complexity index is 908. The van der Waals surface area contributed by atoms with E-state index in [1.54, 1.807) is 0 Å². The maximum absolute atomic E-state index is 2.30. The summed E-state index contributed by atoms with van der Waals surface area (Å²) in [7, 11) is 0. The topological polar surface area (TPSA) is 0 Å². The molecule has 0 bridgehead atoms. The maximum atomic E-state index is 2.30. The summed E-state index contributed by atoms with van der Waals surface area (Å²) < 4.78 is 2.96. The van der Waals surface area contributed by atoms with Crippen LogP contribution in [-0.4, -0.2) is 15.0 Å². The molecule has 0 amide bonds. The van der Waals surface area contributed by atoms with Crippen LogP contribution < -0.4 is 8.92 Å². The van der Waals surface area contributed by atoms with Crippen molar-refractivity contribution in [3.63, 3.8) is 0 Å². The van der Waals surface area contributed by atoms with Gasteiger partial charge < -0.3 is 0 Å². The molecule has 4 rings (SSSR count). The van der Waals surface area contributed by atoms with Crippen molar-refractivity contribution in [2.75, 3.05) is 0 Å². The van der Waals surface area contributed by atoms with Gasteiger partial charge in [0.05, 0.1) is 0 Å². The van der Waals surface area contributed by atoms with Crippen LogP contribution in [0, 0.1) is 0 Å². The fraction of sp³-hybridized carbons (Fsp3) is 0.0769. The molecule has 0 unspecified atom stereocenters. The Kier molecular flexibility index (Phi) is 5.84. The van der Waals surface area contributed by atoms with Crippen LogP contribution in [0.4, 0.5) is 0 Å². The third kappa shape index (κ3) is 4.77. The van der Waals surface area contributed by atoms with Crippen molar-refractivity contribution in [2.45, 2.75) is 12.8 Å². The van der Waals surface area contributed by atoms with E-state index >= 15 is 0 Å². The molecular formula is C26H22Se. The predicted molar refractivity (Wildman–Crippen MR) is 116 cm³/mol. The molecule has 4 aromatic carbocycles. The van der Waals surface area contributed by atoms with E-state index < -0.39 is 0 Å². The summed E-state index contributed by atoms with van der Waals surface area (Å²) in [4.78, 5) is 0. The van der Waals surface area contributed by atoms with Crippen LogP contribution in [0.3, 0.4) is 0 Å². The summed E-state index contributed by atoms with van der Waals surface area (Å²) in [5.41, 5.74) is 5.63. The Morgan fingerprint density at radius 2 is 0.778 bits per heavy atom. The normalized spacial score (nSPS) is 10.7. The first-order chi connectivity index (χ1) is 13.4. The Labute approximate surface area is 168 Å². The Hall–Kier alpha value is -2.60. The van der Waals surface area contributed by atoms with Gasteiger partial charge >= 0.3 is 168 Å². The van der Waals surface area contributed by atoms with E-state index in [1.807, 2.05) is 0 Å². The van der Waals surface area contributed by atoms with E-state index in [0.29, 0.717) is 15.0 Å². The first-order valence-electron chi connectivity index (χ1n) is 9.30. The van der Waals surface area contributed by atoms with Crippen LogP contribution in [0.5, 0.6) is 0 Å². The van der Waals surface area contributed by atoms with Gasteiger partial charge in [-0.3, -0.25) is 0 Å². The van der Waals surface area contributed by atoms with E-state index in [0.717, 1.165) is 12.8 Å². The number of benzene rings is 4. The first-order valence-corrected chi connectivity index (χ1v) is 11.0. The second-order valence-electron chi connectivity index (χ2n) is 6.64. The monoisotopic (exact) mass is 414 g/mol. The molecule has 1 heteroatoms. The molecule has 0 N–H and O–H groups in total. The van der Waals surface area contributed by atoms with Crippen molar-refractivity contribution in [3.8, 4) is 0 Å². The molecular weight excluding hydrogens is 391 g/mol. The molecule has 27 heavy (non-hydrogen) atoms. The van der Waals surface area contributed by atoms with E-state index in [9.17, 15) is 0 Å². The fourth-order valence-corrected chi connectivity index (χ4v) is 5.50. The summed E-state index contributed by atoms with van der Waals surface area (Å²) in [6.07, 6.45) is 2.00. The Morgan fingerprint density at radius 1 is 0.407 bits per heavy atom. The van der Waals surface area contributed by atoms with Crippen molar-refractivity contribution < 1.29 is 0 Å². The molecule has 0 radical (unpaired) electrons. The van der Waals surface area contributed by atoms with Crippen molar-refractivity contribution in [1.82, 2.24) is 0 Å². The van der Waals surface area contributed by atoms with Crippen LogP contribution in [-0.2, 0) is 12.8 Å². The van der Waals surface area contributed by atoms with Crippen molar-refractivity contribution in [1.29, 1.82) is 0 Å². The second kappa shape index (κ2) is 8.86. The zero-order valence-electron chi connectivity index (χ0n) is 15.2. The fourth-order valence-electron chi connectivity index (χ4n) is 3.25. The standard InChI is InChI=1S/C26H22Se/c1-3-11-21(12-4-1)19-23-15-7-9-17-25(23)27-26-18-10-8-16-24(26)20-22-13-5-2-6-14-22/h1-18H,19-20H2. The summed E-state index contributed by atoms with van der Waals surface area (Å²) in [5.74, 6) is 0. The molecule has 0 nitrogen and oxygen atoms in total. The van der Waals surface area contributed by atoms with Crippen LogP contribution in [0.1, 0.15) is 22.3 Å². The zero-order chi connectivity index (χ0) is 18.3. The third-order valence-corrected chi connectivity index (χ3v) is 7.23. The van der Waals surface area contributed by atoms with E-state index in [4.69, 9.17) is 0 Å². The Balaban J connectivity index is 1.60. The van der Waals surface area contributed by atoms with E-state index in [1.165, 1.54) is 31.2 Å². The summed E-state index contributed by atoms with van der Waals surface area (Å²) in [5, 5.41) is 0. The molecule has 0 saturated carbocycles. The predicted octanol–water partition coefficient (Wildman–Crippen LogP) is 4.52. The molecule has 0 aliphatic rings. The van der Waals surface area contributed by atoms with Gasteiger partial charge in [-0.05, 0) is 0 Å². The molecule has 0 spiro atoms. The second-order valence-corrected chi connectivity index (χ2v) is 8.92. The van der Waals surface area contributed by atoms with Crippen LogP contribution >= 0.6 is 0 Å². The average Bonchev–Trinajstić information content (AvgIpc) is 2.72. The molecule has 0 atom stereocenters.